The van der Waals surface area contributed by atoms with Crippen LogP contribution in [0.5, 0.6) is 5.75 Å². The van der Waals surface area contributed by atoms with Crippen molar-refractivity contribution in [2.24, 2.45) is 5.92 Å². The molecule has 1 aliphatic rings. The van der Waals surface area contributed by atoms with E-state index in [1.165, 1.54) is 17.5 Å². The van der Waals surface area contributed by atoms with Gasteiger partial charge in [-0.2, -0.15) is 0 Å². The Morgan fingerprint density at radius 3 is 2.73 bits per heavy atom. The summed E-state index contributed by atoms with van der Waals surface area (Å²) >= 11 is 1.26. The number of nitrogens with one attached hydrogen (secondary N) is 3. The van der Waals surface area contributed by atoms with Gasteiger partial charge in [0.05, 0.1) is 30.1 Å². The Balaban J connectivity index is 1.38. The van der Waals surface area contributed by atoms with Crippen LogP contribution in [0, 0.1) is 19.8 Å². The molecule has 4 rings (SSSR count). The number of nitrogens with zero attached hydrogens (tertiary/aromatic N) is 1. The molecule has 11 nitrogen and oxygen atoms in total. The van der Waals surface area contributed by atoms with Crippen molar-refractivity contribution in [3.05, 3.63) is 58.2 Å². The molecule has 1 saturated heterocycles. The molecule has 3 aromatic rings. The van der Waals surface area contributed by atoms with Crippen molar-refractivity contribution in [3.63, 3.8) is 0 Å². The summed E-state index contributed by atoms with van der Waals surface area (Å²) in [6, 6.07) is 7.82. The highest BCUT2D eigenvalue weighted by Gasteiger charge is 2.31. The monoisotopic (exact) mass is 580 g/mol. The quantitative estimate of drug-likeness (QED) is 0.293. The number of carbonyl (C=O) groups is 5. The molecule has 41 heavy (non-hydrogen) atoms. The van der Waals surface area contributed by atoms with E-state index in [0.717, 1.165) is 22.2 Å². The number of pyridine rings is 1. The number of ether oxygens (including phenoxy) is 2. The van der Waals surface area contributed by atoms with Crippen LogP contribution in [-0.2, 0) is 19.1 Å². The first kappa shape index (κ1) is 29.7. The van der Waals surface area contributed by atoms with Crippen molar-refractivity contribution in [1.29, 1.82) is 0 Å². The normalized spacial score (nSPS) is 15.5. The standard InChI is InChI=1S/C29H32N4O7S/c1-16-10-17(2)31-13-20(16)29(38)40-15-22(34)21(11-18-6-5-9-30-27(18)36)33-26(35)14-32-28(37)25-12-19-23(39-3)7-4-8-24(19)41-25/h4,7-8,10,12-13,18,21H,5-6,9,11,14-15H2,1-3H3,(H,30,36)(H,32,37)(H,33,35)/t18-,21?/m0/s1. The number of amides is 3. The minimum absolute atomic E-state index is 0.0448. The predicted octanol–water partition coefficient (Wildman–Crippen LogP) is 2.48. The Morgan fingerprint density at radius 2 is 2.00 bits per heavy atom. The van der Waals surface area contributed by atoms with Gasteiger partial charge in [0, 0.05) is 34.4 Å². The van der Waals surface area contributed by atoms with Gasteiger partial charge < -0.3 is 25.4 Å². The third-order valence-corrected chi connectivity index (χ3v) is 7.93. The molecule has 3 heterocycles. The molecule has 3 N–H and O–H groups in total. The Kier molecular flexibility index (Phi) is 9.66. The van der Waals surface area contributed by atoms with E-state index in [-0.39, 0.29) is 17.9 Å². The van der Waals surface area contributed by atoms with Crippen LogP contribution in [0.4, 0.5) is 0 Å². The van der Waals surface area contributed by atoms with E-state index in [0.29, 0.717) is 29.2 Å². The average Bonchev–Trinajstić information content (AvgIpc) is 3.40. The van der Waals surface area contributed by atoms with Crippen LogP contribution in [0.25, 0.3) is 10.1 Å². The Bertz CT molecular complexity index is 1490. The highest BCUT2D eigenvalue weighted by atomic mass is 32.1. The lowest BCUT2D eigenvalue weighted by molar-refractivity contribution is -0.132. The Labute approximate surface area is 241 Å². The molecule has 3 amide bonds. The second-order valence-electron chi connectivity index (χ2n) is 9.83. The fourth-order valence-electron chi connectivity index (χ4n) is 4.66. The number of Topliss-reactive ketones (excluding diaryl/α,β-unsaturated/α-hetero) is 1. The number of piperidine rings is 1. The van der Waals surface area contributed by atoms with Gasteiger partial charge in [-0.3, -0.25) is 24.2 Å². The molecule has 2 atom stereocenters. The van der Waals surface area contributed by atoms with Gasteiger partial charge in [0.25, 0.3) is 5.91 Å². The van der Waals surface area contributed by atoms with Gasteiger partial charge in [-0.05, 0) is 62.9 Å². The molecule has 0 bridgehead atoms. The van der Waals surface area contributed by atoms with Crippen LogP contribution in [-0.4, -0.2) is 67.3 Å². The molecule has 0 saturated carbocycles. The van der Waals surface area contributed by atoms with Gasteiger partial charge >= 0.3 is 5.97 Å². The molecule has 12 heteroatoms. The zero-order valence-corrected chi connectivity index (χ0v) is 23.9. The second-order valence-corrected chi connectivity index (χ2v) is 10.9. The van der Waals surface area contributed by atoms with E-state index in [2.05, 4.69) is 20.9 Å². The predicted molar refractivity (Wildman–Crippen MR) is 152 cm³/mol. The smallest absolute Gasteiger partial charge is 0.340 e. The summed E-state index contributed by atoms with van der Waals surface area (Å²) < 4.78 is 11.4. The number of hydrogen-bond donors (Lipinski definition) is 3. The van der Waals surface area contributed by atoms with Crippen molar-refractivity contribution in [1.82, 2.24) is 20.9 Å². The summed E-state index contributed by atoms with van der Waals surface area (Å²) in [6.07, 6.45) is 2.74. The van der Waals surface area contributed by atoms with Crippen LogP contribution in [0.15, 0.2) is 36.5 Å². The summed E-state index contributed by atoms with van der Waals surface area (Å²) in [6.45, 7) is 3.10. The zero-order chi connectivity index (χ0) is 29.5. The first-order valence-electron chi connectivity index (χ1n) is 13.2. The van der Waals surface area contributed by atoms with Crippen molar-refractivity contribution >= 4 is 50.9 Å². The van der Waals surface area contributed by atoms with Crippen molar-refractivity contribution in [2.45, 2.75) is 39.2 Å². The van der Waals surface area contributed by atoms with E-state index in [1.54, 1.807) is 39.2 Å². The SMILES string of the molecule is COc1cccc2sc(C(=O)NCC(=O)NC(C[C@@H]3CCCNC3=O)C(=O)COC(=O)c3cnc(C)cc3C)cc12. The third kappa shape index (κ3) is 7.46. The number of ketones is 1. The van der Waals surface area contributed by atoms with Gasteiger partial charge in [0.1, 0.15) is 5.75 Å². The lowest BCUT2D eigenvalue weighted by Crippen LogP contribution is -2.49. The van der Waals surface area contributed by atoms with E-state index in [4.69, 9.17) is 9.47 Å². The fourth-order valence-corrected chi connectivity index (χ4v) is 5.65. The molecule has 1 aliphatic heterocycles. The molecular formula is C29H32N4O7S. The third-order valence-electron chi connectivity index (χ3n) is 6.83. The lowest BCUT2D eigenvalue weighted by atomic mass is 9.90. The maximum Gasteiger partial charge on any atom is 0.340 e. The molecule has 0 aliphatic carbocycles. The molecule has 2 aromatic heterocycles. The second kappa shape index (κ2) is 13.4. The summed E-state index contributed by atoms with van der Waals surface area (Å²) in [5.74, 6) is -2.39. The Morgan fingerprint density at radius 1 is 1.20 bits per heavy atom. The number of esters is 1. The molecular weight excluding hydrogens is 548 g/mol. The highest BCUT2D eigenvalue weighted by Crippen LogP contribution is 2.32. The number of benzene rings is 1. The summed E-state index contributed by atoms with van der Waals surface area (Å²) in [5.41, 5.74) is 1.63. The van der Waals surface area contributed by atoms with E-state index in [1.807, 2.05) is 12.1 Å². The lowest BCUT2D eigenvalue weighted by Gasteiger charge is -2.26. The minimum Gasteiger partial charge on any atom is -0.496 e. The summed E-state index contributed by atoms with van der Waals surface area (Å²) in [7, 11) is 1.55. The van der Waals surface area contributed by atoms with Gasteiger partial charge in [-0.25, -0.2) is 4.79 Å². The number of hydrogen-bond acceptors (Lipinski definition) is 9. The Hall–Kier alpha value is -4.32. The molecule has 1 fully saturated rings. The largest absolute Gasteiger partial charge is 0.496 e. The van der Waals surface area contributed by atoms with Crippen LogP contribution in [0.1, 0.15) is 50.5 Å². The van der Waals surface area contributed by atoms with E-state index >= 15 is 0 Å². The van der Waals surface area contributed by atoms with E-state index in [9.17, 15) is 24.0 Å². The number of methoxy groups -OCH3 is 1. The molecule has 216 valence electrons. The number of thiophene rings is 1. The number of aryl methyl sites for hydroxylation is 2. The molecule has 1 unspecified atom stereocenters. The first-order chi connectivity index (χ1) is 19.7. The zero-order valence-electron chi connectivity index (χ0n) is 23.1. The first-order valence-corrected chi connectivity index (χ1v) is 14.0. The van der Waals surface area contributed by atoms with Gasteiger partial charge in [-0.1, -0.05) is 6.07 Å². The minimum atomic E-state index is -1.09. The van der Waals surface area contributed by atoms with Gasteiger partial charge in [0.15, 0.2) is 12.4 Å². The van der Waals surface area contributed by atoms with Crippen LogP contribution in [0.3, 0.4) is 0 Å². The van der Waals surface area contributed by atoms with Crippen molar-refractivity contribution in [2.75, 3.05) is 26.8 Å². The molecule has 0 radical (unpaired) electrons. The number of aromatic nitrogens is 1. The average molecular weight is 581 g/mol. The van der Waals surface area contributed by atoms with E-state index < -0.39 is 48.7 Å². The summed E-state index contributed by atoms with van der Waals surface area (Å²) in [5, 5.41) is 8.75. The highest BCUT2D eigenvalue weighted by molar-refractivity contribution is 7.20. The number of fused-ring (bicyclic) bond motifs is 1. The topological polar surface area (TPSA) is 153 Å². The van der Waals surface area contributed by atoms with Gasteiger partial charge in [0.2, 0.25) is 11.8 Å². The van der Waals surface area contributed by atoms with Gasteiger partial charge in [-0.15, -0.1) is 11.3 Å². The fraction of sp³-hybridized carbons (Fsp3) is 0.379. The maximum atomic E-state index is 13.1. The maximum absolute atomic E-state index is 13.1. The van der Waals surface area contributed by atoms with Crippen LogP contribution < -0.4 is 20.7 Å². The molecule has 0 spiro atoms. The number of rotatable bonds is 11. The van der Waals surface area contributed by atoms with Crippen molar-refractivity contribution < 1.29 is 33.4 Å². The number of carbonyl (C=O) groups excluding carboxylic acids is 5. The van der Waals surface area contributed by atoms with Crippen LogP contribution in [0.2, 0.25) is 0 Å². The van der Waals surface area contributed by atoms with Crippen molar-refractivity contribution in [3.8, 4) is 5.75 Å². The van der Waals surface area contributed by atoms with Crippen LogP contribution >= 0.6 is 11.3 Å². The molecule has 1 aromatic carbocycles. The summed E-state index contributed by atoms with van der Waals surface area (Å²) in [4.78, 5) is 68.1.